The highest BCUT2D eigenvalue weighted by Gasteiger charge is 2.52. The summed E-state index contributed by atoms with van der Waals surface area (Å²) in [5.74, 6) is -20.4. The first kappa shape index (κ1) is 58.7. The molecule has 2 unspecified atom stereocenters. The normalized spacial score (nSPS) is 15.1. The molecule has 0 N–H and O–H groups in total. The highest BCUT2D eigenvalue weighted by Crippen LogP contribution is 2.59. The van der Waals surface area contributed by atoms with E-state index in [-0.39, 0.29) is 12.8 Å². The lowest BCUT2D eigenvalue weighted by Crippen LogP contribution is -2.34. The molecule has 0 aliphatic heterocycles. The Bertz CT molecular complexity index is 4530. The predicted octanol–water partition coefficient (Wildman–Crippen LogP) is 22.1. The Balaban J connectivity index is 0.865. The predicted molar refractivity (Wildman–Crippen MR) is 345 cm³/mol. The number of halogens is 10. The summed E-state index contributed by atoms with van der Waals surface area (Å²) in [4.78, 5) is 3.90. The highest BCUT2D eigenvalue weighted by atomic mass is 19.2. The molecule has 0 fully saturated rings. The molecule has 0 aromatic heterocycles. The van der Waals surface area contributed by atoms with Gasteiger partial charge in [-0.25, -0.2) is 43.9 Å². The van der Waals surface area contributed by atoms with Gasteiger partial charge in [0.2, 0.25) is 11.6 Å². The molecule has 0 amide bonds. The monoisotopic (exact) mass is 1230 g/mol. The zero-order valence-corrected chi connectivity index (χ0v) is 48.8. The summed E-state index contributed by atoms with van der Waals surface area (Å²) in [5, 5.41) is 0. The van der Waals surface area contributed by atoms with Crippen LogP contribution in [0.3, 0.4) is 0 Å². The van der Waals surface area contributed by atoms with Crippen LogP contribution in [0.25, 0.3) is 45.5 Å². The Labute approximate surface area is 524 Å². The number of hydrogen-bond donors (Lipinski definition) is 0. The average Bonchev–Trinajstić information content (AvgIpc) is 0.822. The molecule has 2 nitrogen and oxygen atoms in total. The van der Waals surface area contributed by atoms with E-state index in [1.807, 2.05) is 143 Å². The van der Waals surface area contributed by atoms with Gasteiger partial charge in [-0.1, -0.05) is 195 Å². The van der Waals surface area contributed by atoms with Crippen molar-refractivity contribution < 1.29 is 43.9 Å². The molecule has 2 aliphatic rings. The van der Waals surface area contributed by atoms with Crippen molar-refractivity contribution in [3.05, 3.63) is 370 Å². The number of anilines is 6. The minimum absolute atomic E-state index is 0.183. The molecule has 14 rings (SSSR count). The van der Waals surface area contributed by atoms with Crippen LogP contribution in [0.2, 0.25) is 0 Å². The summed E-state index contributed by atoms with van der Waals surface area (Å²) >= 11 is 0. The zero-order valence-electron chi connectivity index (χ0n) is 48.8. The second kappa shape index (κ2) is 23.1. The number of hydrogen-bond acceptors (Lipinski definition) is 2. The molecule has 0 bridgehead atoms. The smallest absolute Gasteiger partial charge is 0.200 e. The maximum atomic E-state index is 16.8. The molecule has 2 atom stereocenters. The maximum absolute atomic E-state index is 16.8. The largest absolute Gasteiger partial charge is 0.310 e. The average molecular weight is 1230 g/mol. The van der Waals surface area contributed by atoms with Gasteiger partial charge in [0.05, 0.1) is 10.8 Å². The van der Waals surface area contributed by atoms with Crippen molar-refractivity contribution in [2.75, 3.05) is 9.80 Å². The molecule has 0 radical (unpaired) electrons. The van der Waals surface area contributed by atoms with Crippen molar-refractivity contribution in [1.82, 2.24) is 0 Å². The molecule has 2 aliphatic carbocycles. The molecule has 92 heavy (non-hydrogen) atoms. The fraction of sp³-hybridized carbons (Fsp3) is 0.0500. The van der Waals surface area contributed by atoms with E-state index in [2.05, 4.69) is 13.2 Å². The van der Waals surface area contributed by atoms with Crippen LogP contribution in [0.4, 0.5) is 78.0 Å². The van der Waals surface area contributed by atoms with Gasteiger partial charge in [0.1, 0.15) is 0 Å². The van der Waals surface area contributed by atoms with Crippen LogP contribution >= 0.6 is 0 Å². The summed E-state index contributed by atoms with van der Waals surface area (Å²) in [6, 6.07) is 73.0. The Hall–Kier alpha value is -11.0. The number of para-hydroxylation sites is 2. The van der Waals surface area contributed by atoms with Gasteiger partial charge in [0.15, 0.2) is 46.5 Å². The third-order valence-electron chi connectivity index (χ3n) is 18.1. The highest BCUT2D eigenvalue weighted by molar-refractivity contribution is 5.90. The van der Waals surface area contributed by atoms with Crippen LogP contribution < -0.4 is 9.80 Å². The van der Waals surface area contributed by atoms with E-state index >= 15 is 35.1 Å². The van der Waals surface area contributed by atoms with Gasteiger partial charge in [-0.2, -0.15) is 0 Å². The first-order chi connectivity index (χ1) is 44.7. The molecule has 0 saturated carbocycles. The van der Waals surface area contributed by atoms with Crippen molar-refractivity contribution in [2.45, 2.75) is 23.7 Å². The second-order valence-corrected chi connectivity index (χ2v) is 22.9. The van der Waals surface area contributed by atoms with E-state index < -0.39 is 80.1 Å². The molecular formula is C80H50F10N2. The SMILES string of the molecule is C=Cc1ccc(CC2(c3c(F)c(F)c(F)c(F)c3F)c3ccccc3-c3ccc(N(c4ccccc4)c4ccc(-c5ccc(N(c6ccccc6)c6ccc7c(c6)C(Cc6ccc(C=C)cc6)(c6c(F)c(F)c(F)c(F)c6F)c6ccccc6-7)cc5)cc4)cc32)cc1. The van der Waals surface area contributed by atoms with Crippen molar-refractivity contribution in [1.29, 1.82) is 0 Å². The van der Waals surface area contributed by atoms with Crippen molar-refractivity contribution in [3.63, 3.8) is 0 Å². The minimum Gasteiger partial charge on any atom is -0.310 e. The molecular weight excluding hydrogens is 1180 g/mol. The Morgan fingerprint density at radius 1 is 0.272 bits per heavy atom. The molecule has 0 saturated heterocycles. The van der Waals surface area contributed by atoms with E-state index in [1.165, 1.54) is 0 Å². The molecule has 12 heteroatoms. The van der Waals surface area contributed by atoms with Crippen LogP contribution in [0.15, 0.2) is 256 Å². The van der Waals surface area contributed by atoms with Gasteiger partial charge < -0.3 is 9.80 Å². The van der Waals surface area contributed by atoms with Gasteiger partial charge >= 0.3 is 0 Å². The topological polar surface area (TPSA) is 6.48 Å². The number of rotatable bonds is 15. The van der Waals surface area contributed by atoms with Gasteiger partial charge in [0, 0.05) is 45.3 Å². The van der Waals surface area contributed by atoms with E-state index in [1.54, 1.807) is 121 Å². The van der Waals surface area contributed by atoms with Crippen LogP contribution in [0.5, 0.6) is 0 Å². The summed E-state index contributed by atoms with van der Waals surface area (Å²) in [7, 11) is 0. The number of benzene rings is 12. The Kier molecular flexibility index (Phi) is 14.7. The number of fused-ring (bicyclic) bond motifs is 6. The van der Waals surface area contributed by atoms with Gasteiger partial charge in [-0.15, -0.1) is 0 Å². The van der Waals surface area contributed by atoms with Crippen LogP contribution in [-0.2, 0) is 23.7 Å². The van der Waals surface area contributed by atoms with Gasteiger partial charge in [-0.05, 0) is 164 Å². The first-order valence-electron chi connectivity index (χ1n) is 29.5. The first-order valence-corrected chi connectivity index (χ1v) is 29.5. The Morgan fingerprint density at radius 3 is 0.891 bits per heavy atom. The van der Waals surface area contributed by atoms with Crippen LogP contribution in [0.1, 0.15) is 55.6 Å². The van der Waals surface area contributed by atoms with E-state index in [9.17, 15) is 8.78 Å². The number of nitrogens with zero attached hydrogens (tertiary/aromatic N) is 2. The van der Waals surface area contributed by atoms with Crippen molar-refractivity contribution in [2.24, 2.45) is 0 Å². The lowest BCUT2D eigenvalue weighted by atomic mass is 9.68. The summed E-state index contributed by atoms with van der Waals surface area (Å²) in [6.45, 7) is 7.68. The van der Waals surface area contributed by atoms with E-state index in [0.717, 1.165) is 22.3 Å². The van der Waals surface area contributed by atoms with Crippen molar-refractivity contribution >= 4 is 46.3 Å². The van der Waals surface area contributed by atoms with Gasteiger partial charge in [-0.3, -0.25) is 0 Å². The quantitative estimate of drug-likeness (QED) is 0.0573. The molecule has 0 heterocycles. The maximum Gasteiger partial charge on any atom is 0.200 e. The Morgan fingerprint density at radius 2 is 0.554 bits per heavy atom. The summed E-state index contributed by atoms with van der Waals surface area (Å²) < 4.78 is 160. The standard InChI is InChI=1S/C80H50F10N2/c1-3-47-23-27-49(28-24-47)45-79(67-69(81)73(85)77(89)74(86)70(67)82)63-21-13-11-19-59(63)61-41-39-57(43-65(61)79)91(53-15-7-5-8-16-53)55-35-31-51(32-36-55)52-33-37-56(38-34-52)92(54-17-9-6-10-18-54)58-40-42-62-60-20-12-14-22-64(60)80(66(62)44-58,46-50-29-25-48(4-2)26-30-50)68-71(83)75(87)78(90)76(88)72(68)84/h3-44H,1-2,45-46H2. The van der Waals surface area contributed by atoms with E-state index in [4.69, 9.17) is 0 Å². The van der Waals surface area contributed by atoms with Crippen LogP contribution in [0, 0.1) is 58.2 Å². The van der Waals surface area contributed by atoms with E-state index in [0.29, 0.717) is 89.8 Å². The lowest BCUT2D eigenvalue weighted by molar-refractivity contribution is 0.357. The summed E-state index contributed by atoms with van der Waals surface area (Å²) in [6.07, 6.45) is 2.91. The molecule has 12 aromatic rings. The zero-order chi connectivity index (χ0) is 63.7. The fourth-order valence-corrected chi connectivity index (χ4v) is 13.9. The minimum atomic E-state index is -2.25. The van der Waals surface area contributed by atoms with Crippen LogP contribution in [-0.4, -0.2) is 0 Å². The third-order valence-corrected chi connectivity index (χ3v) is 18.1. The summed E-state index contributed by atoms with van der Waals surface area (Å²) in [5.41, 5.74) is 5.90. The lowest BCUT2D eigenvalue weighted by Gasteiger charge is -2.35. The molecule has 450 valence electrons. The van der Waals surface area contributed by atoms with Gasteiger partial charge in [0.25, 0.3) is 0 Å². The van der Waals surface area contributed by atoms with Crippen molar-refractivity contribution in [3.8, 4) is 33.4 Å². The molecule has 12 aromatic carbocycles. The molecule has 0 spiro atoms. The fourth-order valence-electron chi connectivity index (χ4n) is 13.9. The second-order valence-electron chi connectivity index (χ2n) is 22.9. The third kappa shape index (κ3) is 9.33.